The van der Waals surface area contributed by atoms with Crippen molar-refractivity contribution < 1.29 is 19.1 Å². The van der Waals surface area contributed by atoms with Gasteiger partial charge in [0, 0.05) is 12.8 Å². The number of rotatable bonds is 13. The molecule has 0 unspecified atom stereocenters. The summed E-state index contributed by atoms with van der Waals surface area (Å²) in [6, 6.07) is 7.56. The van der Waals surface area contributed by atoms with Crippen LogP contribution in [0.5, 0.6) is 5.75 Å². The SMILES string of the molecule is CCCCCCCCOC(=O)CCCC(=O)Oc1ccccc1C(C)C. The van der Waals surface area contributed by atoms with E-state index in [9.17, 15) is 9.59 Å². The van der Waals surface area contributed by atoms with Gasteiger partial charge in [-0.1, -0.05) is 71.1 Å². The van der Waals surface area contributed by atoms with E-state index >= 15 is 0 Å². The highest BCUT2D eigenvalue weighted by atomic mass is 16.5. The van der Waals surface area contributed by atoms with Crippen LogP contribution >= 0.6 is 0 Å². The lowest BCUT2D eigenvalue weighted by Crippen LogP contribution is -2.11. The molecule has 0 N–H and O–H groups in total. The zero-order valence-corrected chi connectivity index (χ0v) is 16.6. The normalized spacial score (nSPS) is 10.8. The van der Waals surface area contributed by atoms with Crippen molar-refractivity contribution in [3.63, 3.8) is 0 Å². The first-order chi connectivity index (χ1) is 12.5. The van der Waals surface area contributed by atoms with Gasteiger partial charge in [-0.2, -0.15) is 0 Å². The third-order valence-corrected chi connectivity index (χ3v) is 4.29. The Morgan fingerprint density at radius 2 is 1.54 bits per heavy atom. The number of benzene rings is 1. The van der Waals surface area contributed by atoms with Crippen molar-refractivity contribution in [2.75, 3.05) is 6.61 Å². The van der Waals surface area contributed by atoms with Crippen LogP contribution < -0.4 is 4.74 Å². The molecule has 0 heterocycles. The second kappa shape index (κ2) is 13.4. The number of unbranched alkanes of at least 4 members (excludes halogenated alkanes) is 5. The van der Waals surface area contributed by atoms with Crippen LogP contribution in [0, 0.1) is 0 Å². The summed E-state index contributed by atoms with van der Waals surface area (Å²) in [7, 11) is 0. The first kappa shape index (κ1) is 22.2. The number of hydrogen-bond acceptors (Lipinski definition) is 4. The molecular weight excluding hydrogens is 328 g/mol. The highest BCUT2D eigenvalue weighted by Gasteiger charge is 2.12. The molecule has 4 heteroatoms. The van der Waals surface area contributed by atoms with Crippen LogP contribution in [0.2, 0.25) is 0 Å². The van der Waals surface area contributed by atoms with Crippen LogP contribution in [-0.4, -0.2) is 18.5 Å². The second-order valence-electron chi connectivity index (χ2n) is 7.01. The van der Waals surface area contributed by atoms with Gasteiger partial charge >= 0.3 is 11.9 Å². The van der Waals surface area contributed by atoms with Gasteiger partial charge in [-0.3, -0.25) is 9.59 Å². The lowest BCUT2D eigenvalue weighted by atomic mass is 10.0. The summed E-state index contributed by atoms with van der Waals surface area (Å²) in [5.74, 6) is 0.366. The van der Waals surface area contributed by atoms with Crippen molar-refractivity contribution in [2.45, 2.75) is 84.5 Å². The molecule has 4 nitrogen and oxygen atoms in total. The van der Waals surface area contributed by atoms with E-state index in [4.69, 9.17) is 9.47 Å². The van der Waals surface area contributed by atoms with Crippen LogP contribution in [0.25, 0.3) is 0 Å². The molecule has 0 atom stereocenters. The van der Waals surface area contributed by atoms with Crippen LogP contribution in [0.15, 0.2) is 24.3 Å². The summed E-state index contributed by atoms with van der Waals surface area (Å²) >= 11 is 0. The van der Waals surface area contributed by atoms with E-state index in [1.54, 1.807) is 0 Å². The maximum atomic E-state index is 12.0. The molecule has 0 amide bonds. The van der Waals surface area contributed by atoms with Gasteiger partial charge in [-0.05, 0) is 30.4 Å². The molecule has 0 radical (unpaired) electrons. The molecule has 26 heavy (non-hydrogen) atoms. The lowest BCUT2D eigenvalue weighted by molar-refractivity contribution is -0.144. The molecule has 0 bridgehead atoms. The number of ether oxygens (including phenoxy) is 2. The second-order valence-corrected chi connectivity index (χ2v) is 7.01. The molecule has 0 aliphatic rings. The van der Waals surface area contributed by atoms with Gasteiger partial charge in [0.1, 0.15) is 5.75 Å². The van der Waals surface area contributed by atoms with Crippen LogP contribution in [0.4, 0.5) is 0 Å². The largest absolute Gasteiger partial charge is 0.466 e. The number of carbonyl (C=O) groups is 2. The molecule has 0 spiro atoms. The Kier molecular flexibility index (Phi) is 11.4. The monoisotopic (exact) mass is 362 g/mol. The molecule has 0 aromatic heterocycles. The van der Waals surface area contributed by atoms with Gasteiger partial charge in [0.2, 0.25) is 0 Å². The van der Waals surface area contributed by atoms with Crippen LogP contribution in [0.3, 0.4) is 0 Å². The van der Waals surface area contributed by atoms with Crippen LogP contribution in [-0.2, 0) is 14.3 Å². The molecule has 0 aliphatic carbocycles. The fraction of sp³-hybridized carbons (Fsp3) is 0.636. The fourth-order valence-electron chi connectivity index (χ4n) is 2.74. The number of para-hydroxylation sites is 1. The summed E-state index contributed by atoms with van der Waals surface area (Å²) in [6.45, 7) is 6.80. The van der Waals surface area contributed by atoms with Gasteiger partial charge in [-0.25, -0.2) is 0 Å². The minimum Gasteiger partial charge on any atom is -0.466 e. The summed E-state index contributed by atoms with van der Waals surface area (Å²) in [6.07, 6.45) is 7.94. The molecule has 1 aromatic carbocycles. The summed E-state index contributed by atoms with van der Waals surface area (Å²) in [5, 5.41) is 0. The zero-order valence-electron chi connectivity index (χ0n) is 16.6. The van der Waals surface area contributed by atoms with Crippen molar-refractivity contribution in [1.82, 2.24) is 0 Å². The van der Waals surface area contributed by atoms with Gasteiger partial charge in [0.25, 0.3) is 0 Å². The van der Waals surface area contributed by atoms with Gasteiger partial charge in [0.15, 0.2) is 0 Å². The molecule has 0 aliphatic heterocycles. The van der Waals surface area contributed by atoms with E-state index in [1.165, 1.54) is 25.7 Å². The lowest BCUT2D eigenvalue weighted by Gasteiger charge is -2.12. The van der Waals surface area contributed by atoms with Gasteiger partial charge in [0.05, 0.1) is 6.61 Å². The molecular formula is C22H34O4. The van der Waals surface area contributed by atoms with E-state index in [0.717, 1.165) is 18.4 Å². The van der Waals surface area contributed by atoms with Crippen molar-refractivity contribution in [3.8, 4) is 5.75 Å². The molecule has 0 saturated carbocycles. The third-order valence-electron chi connectivity index (χ3n) is 4.29. The highest BCUT2D eigenvalue weighted by Crippen LogP contribution is 2.26. The average Bonchev–Trinajstić information content (AvgIpc) is 2.61. The van der Waals surface area contributed by atoms with Crippen LogP contribution in [0.1, 0.15) is 90.0 Å². The standard InChI is InChI=1S/C22H34O4/c1-4-5-6-7-8-11-17-25-21(23)15-12-16-22(24)26-20-14-10-9-13-19(20)18(2)3/h9-10,13-14,18H,4-8,11-12,15-17H2,1-3H3. The highest BCUT2D eigenvalue weighted by molar-refractivity contribution is 5.74. The predicted molar refractivity (Wildman–Crippen MR) is 104 cm³/mol. The van der Waals surface area contributed by atoms with E-state index in [-0.39, 0.29) is 30.7 Å². The van der Waals surface area contributed by atoms with E-state index in [1.807, 2.05) is 24.3 Å². The maximum absolute atomic E-state index is 12.0. The first-order valence-electron chi connectivity index (χ1n) is 9.99. The minimum atomic E-state index is -0.304. The summed E-state index contributed by atoms with van der Waals surface area (Å²) in [4.78, 5) is 23.7. The van der Waals surface area contributed by atoms with Crippen molar-refractivity contribution in [2.24, 2.45) is 0 Å². The maximum Gasteiger partial charge on any atom is 0.311 e. The number of carbonyl (C=O) groups excluding carboxylic acids is 2. The smallest absolute Gasteiger partial charge is 0.311 e. The fourth-order valence-corrected chi connectivity index (χ4v) is 2.74. The van der Waals surface area contributed by atoms with Crippen molar-refractivity contribution in [3.05, 3.63) is 29.8 Å². The topological polar surface area (TPSA) is 52.6 Å². The quantitative estimate of drug-likeness (QED) is 0.253. The van der Waals surface area contributed by atoms with Crippen molar-refractivity contribution >= 4 is 11.9 Å². The predicted octanol–water partition coefficient (Wildman–Crippen LogP) is 5.79. The first-order valence-corrected chi connectivity index (χ1v) is 9.99. The van der Waals surface area contributed by atoms with E-state index < -0.39 is 0 Å². The summed E-state index contributed by atoms with van der Waals surface area (Å²) < 4.78 is 10.7. The minimum absolute atomic E-state index is 0.221. The molecule has 146 valence electrons. The summed E-state index contributed by atoms with van der Waals surface area (Å²) in [5.41, 5.74) is 1.01. The van der Waals surface area contributed by atoms with Gasteiger partial charge < -0.3 is 9.47 Å². The van der Waals surface area contributed by atoms with Gasteiger partial charge in [-0.15, -0.1) is 0 Å². The Balaban J connectivity index is 2.15. The number of hydrogen-bond donors (Lipinski definition) is 0. The third kappa shape index (κ3) is 9.59. The Labute approximate surface area is 158 Å². The van der Waals surface area contributed by atoms with Crippen molar-refractivity contribution in [1.29, 1.82) is 0 Å². The van der Waals surface area contributed by atoms with E-state index in [2.05, 4.69) is 20.8 Å². The Bertz CT molecular complexity index is 537. The number of esters is 2. The molecule has 1 rings (SSSR count). The zero-order chi connectivity index (χ0) is 19.2. The van der Waals surface area contributed by atoms with E-state index in [0.29, 0.717) is 18.8 Å². The molecule has 1 aromatic rings. The Hall–Kier alpha value is -1.84. The molecule has 0 fully saturated rings. The Morgan fingerprint density at radius 1 is 0.885 bits per heavy atom. The average molecular weight is 363 g/mol. The Morgan fingerprint density at radius 3 is 2.27 bits per heavy atom. The molecule has 0 saturated heterocycles.